The van der Waals surface area contributed by atoms with Gasteiger partial charge >= 0.3 is 6.72 Å². The molecule has 0 bridgehead atoms. The SMILES string of the molecule is CON=C(C)OP(O)(O)=S. The molecule has 0 saturated heterocycles. The average Bonchev–Trinajstić information content (AvgIpc) is 1.59. The quantitative estimate of drug-likeness (QED) is 0.278. The van der Waals surface area contributed by atoms with E-state index in [0.29, 0.717) is 0 Å². The van der Waals surface area contributed by atoms with Gasteiger partial charge in [-0.05, 0) is 0 Å². The first-order valence-corrected chi connectivity index (χ1v) is 4.91. The van der Waals surface area contributed by atoms with E-state index in [9.17, 15) is 0 Å². The molecule has 0 aliphatic carbocycles. The van der Waals surface area contributed by atoms with Gasteiger partial charge in [-0.1, -0.05) is 5.16 Å². The molecule has 0 aromatic rings. The van der Waals surface area contributed by atoms with Gasteiger partial charge in [-0.3, -0.25) is 0 Å². The maximum Gasteiger partial charge on any atom is 0.376 e. The lowest BCUT2D eigenvalue weighted by Crippen LogP contribution is -1.96. The van der Waals surface area contributed by atoms with E-state index < -0.39 is 6.72 Å². The van der Waals surface area contributed by atoms with Crippen LogP contribution >= 0.6 is 6.72 Å². The molecule has 5 nitrogen and oxygen atoms in total. The van der Waals surface area contributed by atoms with Crippen molar-refractivity contribution >= 4 is 24.4 Å². The third-order valence-electron chi connectivity index (χ3n) is 0.471. The van der Waals surface area contributed by atoms with Crippen molar-refractivity contribution in [1.82, 2.24) is 0 Å². The van der Waals surface area contributed by atoms with Crippen LogP contribution in [0.4, 0.5) is 0 Å². The van der Waals surface area contributed by atoms with Gasteiger partial charge in [-0.25, -0.2) is 0 Å². The molecule has 0 heterocycles. The highest BCUT2D eigenvalue weighted by atomic mass is 32.5. The van der Waals surface area contributed by atoms with Gasteiger partial charge in [0, 0.05) is 18.7 Å². The summed E-state index contributed by atoms with van der Waals surface area (Å²) in [5.74, 6) is -0.00386. The summed E-state index contributed by atoms with van der Waals surface area (Å²) in [6, 6.07) is 0. The van der Waals surface area contributed by atoms with E-state index >= 15 is 0 Å². The van der Waals surface area contributed by atoms with Crippen LogP contribution in [0.5, 0.6) is 0 Å². The van der Waals surface area contributed by atoms with Crippen LogP contribution in [0.15, 0.2) is 5.16 Å². The average molecular weight is 185 g/mol. The number of hydrogen-bond acceptors (Lipinski definition) is 4. The van der Waals surface area contributed by atoms with Crippen molar-refractivity contribution in [3.63, 3.8) is 0 Å². The molecule has 0 aliphatic heterocycles. The van der Waals surface area contributed by atoms with E-state index in [-0.39, 0.29) is 5.90 Å². The van der Waals surface area contributed by atoms with Gasteiger partial charge in [0.1, 0.15) is 7.11 Å². The van der Waals surface area contributed by atoms with Gasteiger partial charge in [0.05, 0.1) is 0 Å². The molecule has 0 aromatic heterocycles. The van der Waals surface area contributed by atoms with Crippen LogP contribution in [0, 0.1) is 0 Å². The van der Waals surface area contributed by atoms with Gasteiger partial charge in [-0.15, -0.1) is 0 Å². The summed E-state index contributed by atoms with van der Waals surface area (Å²) in [5.41, 5.74) is 0. The molecule has 0 spiro atoms. The Labute approximate surface area is 63.5 Å². The zero-order valence-electron chi connectivity index (χ0n) is 5.51. The van der Waals surface area contributed by atoms with E-state index in [0.717, 1.165) is 0 Å². The second kappa shape index (κ2) is 3.88. The van der Waals surface area contributed by atoms with Crippen molar-refractivity contribution in [2.75, 3.05) is 7.11 Å². The Bertz CT molecular complexity index is 175. The molecule has 0 atom stereocenters. The molecule has 0 amide bonds. The van der Waals surface area contributed by atoms with Crippen molar-refractivity contribution < 1.29 is 19.1 Å². The summed E-state index contributed by atoms with van der Waals surface area (Å²) < 4.78 is 4.34. The predicted molar refractivity (Wildman–Crippen MR) is 39.9 cm³/mol. The van der Waals surface area contributed by atoms with E-state index in [1.807, 2.05) is 0 Å². The largest absolute Gasteiger partial charge is 0.407 e. The summed E-state index contributed by atoms with van der Waals surface area (Å²) in [5, 5.41) is 3.25. The van der Waals surface area contributed by atoms with Crippen LogP contribution in [-0.2, 0) is 21.2 Å². The summed E-state index contributed by atoms with van der Waals surface area (Å²) in [4.78, 5) is 21.3. The Morgan fingerprint density at radius 3 is 2.40 bits per heavy atom. The Kier molecular flexibility index (Phi) is 3.81. The zero-order chi connectivity index (χ0) is 8.20. The number of oxime groups is 1. The summed E-state index contributed by atoms with van der Waals surface area (Å²) in [6.07, 6.45) is 0. The van der Waals surface area contributed by atoms with Crippen LogP contribution < -0.4 is 0 Å². The minimum absolute atomic E-state index is 0.00386. The lowest BCUT2D eigenvalue weighted by Gasteiger charge is -2.07. The Morgan fingerprint density at radius 2 is 2.10 bits per heavy atom. The molecule has 0 rings (SSSR count). The lowest BCUT2D eigenvalue weighted by atomic mass is 10.8. The molecule has 10 heavy (non-hydrogen) atoms. The van der Waals surface area contributed by atoms with Gasteiger partial charge in [0.15, 0.2) is 0 Å². The highest BCUT2D eigenvalue weighted by Crippen LogP contribution is 2.36. The summed E-state index contributed by atoms with van der Waals surface area (Å²) in [7, 11) is 1.31. The second-order valence-electron chi connectivity index (χ2n) is 1.37. The van der Waals surface area contributed by atoms with E-state index in [2.05, 4.69) is 26.3 Å². The first-order chi connectivity index (χ1) is 4.45. The highest BCUT2D eigenvalue weighted by Gasteiger charge is 2.09. The monoisotopic (exact) mass is 185 g/mol. The molecule has 0 aromatic carbocycles. The van der Waals surface area contributed by atoms with Crippen molar-refractivity contribution in [3.8, 4) is 0 Å². The van der Waals surface area contributed by atoms with Gasteiger partial charge in [0.25, 0.3) is 0 Å². The molecule has 0 radical (unpaired) electrons. The van der Waals surface area contributed by atoms with Crippen molar-refractivity contribution in [2.45, 2.75) is 6.92 Å². The minimum atomic E-state index is -3.63. The summed E-state index contributed by atoms with van der Waals surface area (Å²) in [6.45, 7) is -2.23. The van der Waals surface area contributed by atoms with Crippen LogP contribution in [0.2, 0.25) is 0 Å². The predicted octanol–water partition coefficient (Wildman–Crippen LogP) is 0.192. The minimum Gasteiger partial charge on any atom is -0.407 e. The lowest BCUT2D eigenvalue weighted by molar-refractivity contribution is 0.203. The first-order valence-electron chi connectivity index (χ1n) is 2.28. The zero-order valence-corrected chi connectivity index (χ0v) is 7.22. The molecule has 2 N–H and O–H groups in total. The maximum absolute atomic E-state index is 8.54. The molecule has 0 unspecified atom stereocenters. The number of hydrogen-bond donors (Lipinski definition) is 2. The molecule has 0 aliphatic rings. The third kappa shape index (κ3) is 5.97. The fourth-order valence-electron chi connectivity index (χ4n) is 0.317. The maximum atomic E-state index is 8.54. The molecule has 0 fully saturated rings. The summed E-state index contributed by atoms with van der Waals surface area (Å²) >= 11 is 4.14. The van der Waals surface area contributed by atoms with E-state index in [1.165, 1.54) is 14.0 Å². The van der Waals surface area contributed by atoms with E-state index in [1.54, 1.807) is 0 Å². The van der Waals surface area contributed by atoms with Crippen molar-refractivity contribution in [3.05, 3.63) is 0 Å². The highest BCUT2D eigenvalue weighted by molar-refractivity contribution is 8.06. The van der Waals surface area contributed by atoms with Crippen LogP contribution in [-0.4, -0.2) is 22.8 Å². The third-order valence-corrected chi connectivity index (χ3v) is 1.20. The van der Waals surface area contributed by atoms with E-state index in [4.69, 9.17) is 9.79 Å². The molecule has 0 saturated carbocycles. The van der Waals surface area contributed by atoms with Gasteiger partial charge < -0.3 is 19.1 Å². The van der Waals surface area contributed by atoms with Gasteiger partial charge in [-0.2, -0.15) is 0 Å². The van der Waals surface area contributed by atoms with Crippen LogP contribution in [0.1, 0.15) is 6.92 Å². The molecular formula is C3H8NO4PS. The first kappa shape index (κ1) is 9.84. The Hall–Kier alpha value is -0.160. The Balaban J connectivity index is 3.92. The molecular weight excluding hydrogens is 177 g/mol. The number of rotatable bonds is 2. The van der Waals surface area contributed by atoms with Crippen molar-refractivity contribution in [1.29, 1.82) is 0 Å². The molecule has 60 valence electrons. The fraction of sp³-hybridized carbons (Fsp3) is 0.667. The second-order valence-corrected chi connectivity index (χ2v) is 3.97. The molecule has 7 heteroatoms. The van der Waals surface area contributed by atoms with Crippen LogP contribution in [0.25, 0.3) is 0 Å². The van der Waals surface area contributed by atoms with Gasteiger partial charge in [0.2, 0.25) is 5.90 Å². The standard InChI is InChI=1S/C3H8NO4PS/c1-3(4-7-2)8-9(5,6)10/h1-2H3,(H2,5,6,10). The smallest absolute Gasteiger partial charge is 0.376 e. The van der Waals surface area contributed by atoms with Crippen molar-refractivity contribution in [2.24, 2.45) is 5.16 Å². The Morgan fingerprint density at radius 1 is 1.60 bits per heavy atom. The topological polar surface area (TPSA) is 71.3 Å². The fourth-order valence-corrected chi connectivity index (χ4v) is 1.02. The number of nitrogens with zero attached hydrogens (tertiary/aromatic N) is 1. The van der Waals surface area contributed by atoms with Crippen LogP contribution in [0.3, 0.4) is 0 Å². The normalized spacial score (nSPS) is 13.0.